The van der Waals surface area contributed by atoms with Crippen molar-refractivity contribution in [3.05, 3.63) is 35.4 Å². The molecule has 1 aromatic rings. The smallest absolute Gasteiger partial charge is 0.334 e. The molecule has 2 rings (SSSR count). The first-order chi connectivity index (χ1) is 11.8. The molecule has 1 aromatic carbocycles. The summed E-state index contributed by atoms with van der Waals surface area (Å²) in [4.78, 5) is 48.7. The van der Waals surface area contributed by atoms with Gasteiger partial charge in [0.05, 0.1) is 0 Å². The van der Waals surface area contributed by atoms with Gasteiger partial charge in [-0.15, -0.1) is 0 Å². The Labute approximate surface area is 147 Å². The van der Waals surface area contributed by atoms with E-state index in [9.17, 15) is 19.2 Å². The van der Waals surface area contributed by atoms with Crippen LogP contribution < -0.4 is 5.32 Å². The van der Waals surface area contributed by atoms with Crippen LogP contribution in [0.25, 0.3) is 0 Å². The van der Waals surface area contributed by atoms with Crippen molar-refractivity contribution in [3.8, 4) is 0 Å². The molecule has 0 radical (unpaired) electrons. The highest BCUT2D eigenvalue weighted by molar-refractivity contribution is 6.45. The van der Waals surface area contributed by atoms with E-state index in [4.69, 9.17) is 0 Å². The monoisotopic (exact) mass is 345 g/mol. The number of carbonyl (C=O) groups excluding carboxylic acids is 4. The van der Waals surface area contributed by atoms with Crippen LogP contribution in [0.3, 0.4) is 0 Å². The van der Waals surface area contributed by atoms with Gasteiger partial charge in [-0.3, -0.25) is 19.3 Å². The maximum absolute atomic E-state index is 11.9. The number of urea groups is 1. The molecular formula is C18H23N3O4. The van der Waals surface area contributed by atoms with Gasteiger partial charge in [-0.25, -0.2) is 9.69 Å². The second-order valence-electron chi connectivity index (χ2n) is 6.22. The summed E-state index contributed by atoms with van der Waals surface area (Å²) in [6.07, 6.45) is 0.645. The van der Waals surface area contributed by atoms with Gasteiger partial charge in [0.2, 0.25) is 5.91 Å². The van der Waals surface area contributed by atoms with Crippen LogP contribution in [0, 0.1) is 0 Å². The van der Waals surface area contributed by atoms with Gasteiger partial charge in [0.15, 0.2) is 0 Å². The van der Waals surface area contributed by atoms with E-state index in [-0.39, 0.29) is 6.54 Å². The highest BCUT2D eigenvalue weighted by atomic mass is 16.2. The zero-order valence-electron chi connectivity index (χ0n) is 14.7. The van der Waals surface area contributed by atoms with Gasteiger partial charge >= 0.3 is 17.8 Å². The van der Waals surface area contributed by atoms with Crippen molar-refractivity contribution in [2.75, 3.05) is 19.6 Å². The minimum atomic E-state index is -0.953. The Morgan fingerprint density at radius 1 is 1.04 bits per heavy atom. The molecule has 7 heteroatoms. The lowest BCUT2D eigenvalue weighted by Gasteiger charge is -2.14. The molecule has 0 aliphatic carbocycles. The van der Waals surface area contributed by atoms with E-state index in [1.54, 1.807) is 6.92 Å². The van der Waals surface area contributed by atoms with Crippen LogP contribution in [-0.2, 0) is 20.8 Å². The number of imide groups is 2. The number of rotatable bonds is 7. The summed E-state index contributed by atoms with van der Waals surface area (Å²) in [6.45, 7) is 5.90. The van der Waals surface area contributed by atoms with Crippen LogP contribution >= 0.6 is 0 Å². The summed E-state index contributed by atoms with van der Waals surface area (Å²) < 4.78 is 0. The third-order valence-electron chi connectivity index (χ3n) is 4.14. The summed E-state index contributed by atoms with van der Waals surface area (Å²) >= 11 is 0. The lowest BCUT2D eigenvalue weighted by atomic mass is 10.0. The highest BCUT2D eigenvalue weighted by Gasteiger charge is 2.44. The number of amides is 5. The van der Waals surface area contributed by atoms with E-state index >= 15 is 0 Å². The summed E-state index contributed by atoms with van der Waals surface area (Å²) in [6, 6.07) is 7.43. The lowest BCUT2D eigenvalue weighted by molar-refractivity contribution is -0.143. The Bertz CT molecular complexity index is 682. The molecule has 1 N–H and O–H groups in total. The zero-order valence-corrected chi connectivity index (χ0v) is 14.7. The molecule has 1 aliphatic rings. The first kappa shape index (κ1) is 18.6. The average Bonchev–Trinajstić information content (AvgIpc) is 2.78. The predicted molar refractivity (Wildman–Crippen MR) is 91.7 cm³/mol. The van der Waals surface area contributed by atoms with Crippen molar-refractivity contribution in [2.45, 2.75) is 33.1 Å². The number of carbonyl (C=O) groups is 4. The number of nitrogens with zero attached hydrogens (tertiary/aromatic N) is 2. The average molecular weight is 345 g/mol. The quantitative estimate of drug-likeness (QED) is 0.596. The Hall–Kier alpha value is -2.70. The van der Waals surface area contributed by atoms with E-state index in [1.165, 1.54) is 5.56 Å². The fourth-order valence-corrected chi connectivity index (χ4v) is 2.58. The molecule has 1 aliphatic heterocycles. The van der Waals surface area contributed by atoms with Crippen molar-refractivity contribution < 1.29 is 19.2 Å². The van der Waals surface area contributed by atoms with Crippen molar-refractivity contribution in [3.63, 3.8) is 0 Å². The summed E-state index contributed by atoms with van der Waals surface area (Å²) in [5.41, 5.74) is 2.34. The van der Waals surface area contributed by atoms with E-state index in [0.717, 1.165) is 10.5 Å². The van der Waals surface area contributed by atoms with E-state index in [1.807, 2.05) is 12.1 Å². The molecule has 5 amide bonds. The second-order valence-corrected chi connectivity index (χ2v) is 6.22. The van der Waals surface area contributed by atoms with Crippen molar-refractivity contribution in [2.24, 2.45) is 0 Å². The largest absolute Gasteiger partial charge is 0.354 e. The lowest BCUT2D eigenvalue weighted by Crippen LogP contribution is -2.41. The molecule has 0 unspecified atom stereocenters. The molecule has 1 heterocycles. The van der Waals surface area contributed by atoms with Crippen LogP contribution in [0.2, 0.25) is 0 Å². The minimum absolute atomic E-state index is 0.105. The van der Waals surface area contributed by atoms with E-state index in [0.29, 0.717) is 23.8 Å². The first-order valence-corrected chi connectivity index (χ1v) is 8.38. The molecule has 0 atom stereocenters. The Morgan fingerprint density at radius 2 is 1.64 bits per heavy atom. The van der Waals surface area contributed by atoms with Gasteiger partial charge in [0.1, 0.15) is 6.54 Å². The standard InChI is InChI=1S/C18H23N3O4/c1-4-20-16(23)17(24)21(18(20)25)11-15(22)19-10-9-13-5-7-14(8-6-13)12(2)3/h5-8,12H,4,9-11H2,1-3H3,(H,19,22). The third kappa shape index (κ3) is 4.23. The van der Waals surface area contributed by atoms with Gasteiger partial charge < -0.3 is 5.32 Å². The van der Waals surface area contributed by atoms with Gasteiger partial charge in [-0.2, -0.15) is 0 Å². The molecule has 7 nitrogen and oxygen atoms in total. The summed E-state index contributed by atoms with van der Waals surface area (Å²) in [5.74, 6) is -1.84. The Kier molecular flexibility index (Phi) is 5.90. The molecule has 0 bridgehead atoms. The summed E-state index contributed by atoms with van der Waals surface area (Å²) in [7, 11) is 0. The van der Waals surface area contributed by atoms with Crippen LogP contribution in [0.15, 0.2) is 24.3 Å². The zero-order chi connectivity index (χ0) is 18.6. The number of likely N-dealkylation sites (N-methyl/N-ethyl adjacent to an activating group) is 1. The van der Waals surface area contributed by atoms with Crippen molar-refractivity contribution >= 4 is 23.8 Å². The van der Waals surface area contributed by atoms with Crippen molar-refractivity contribution in [1.82, 2.24) is 15.1 Å². The molecular weight excluding hydrogens is 322 g/mol. The second kappa shape index (κ2) is 7.92. The number of nitrogens with one attached hydrogen (secondary N) is 1. The fourth-order valence-electron chi connectivity index (χ4n) is 2.58. The van der Waals surface area contributed by atoms with Crippen molar-refractivity contribution in [1.29, 1.82) is 0 Å². The fraction of sp³-hybridized carbons (Fsp3) is 0.444. The number of benzene rings is 1. The van der Waals surface area contributed by atoms with Crippen LogP contribution in [-0.4, -0.2) is 53.2 Å². The van der Waals surface area contributed by atoms with Gasteiger partial charge in [-0.05, 0) is 30.4 Å². The maximum Gasteiger partial charge on any atom is 0.334 e. The Balaban J connectivity index is 1.82. The van der Waals surface area contributed by atoms with E-state index in [2.05, 4.69) is 31.3 Å². The van der Waals surface area contributed by atoms with Crippen LogP contribution in [0.4, 0.5) is 4.79 Å². The molecule has 1 fully saturated rings. The van der Waals surface area contributed by atoms with Gasteiger partial charge in [0, 0.05) is 13.1 Å². The normalized spacial score (nSPS) is 14.6. The Morgan fingerprint density at radius 3 is 2.16 bits per heavy atom. The minimum Gasteiger partial charge on any atom is -0.354 e. The molecule has 0 spiro atoms. The van der Waals surface area contributed by atoms with Crippen LogP contribution in [0.1, 0.15) is 37.8 Å². The SMILES string of the molecule is CCN1C(=O)C(=O)N(CC(=O)NCCc2ccc(C(C)C)cc2)C1=O. The topological polar surface area (TPSA) is 86.8 Å². The third-order valence-corrected chi connectivity index (χ3v) is 4.14. The predicted octanol–water partition coefficient (Wildman–Crippen LogP) is 1.28. The van der Waals surface area contributed by atoms with Crippen LogP contribution in [0.5, 0.6) is 0 Å². The molecule has 0 aromatic heterocycles. The molecule has 0 saturated carbocycles. The number of hydrogen-bond donors (Lipinski definition) is 1. The van der Waals surface area contributed by atoms with Gasteiger partial charge in [0.25, 0.3) is 0 Å². The highest BCUT2D eigenvalue weighted by Crippen LogP contribution is 2.15. The molecule has 1 saturated heterocycles. The maximum atomic E-state index is 11.9. The number of hydrogen-bond acceptors (Lipinski definition) is 4. The summed E-state index contributed by atoms with van der Waals surface area (Å²) in [5, 5.41) is 2.67. The molecule has 134 valence electrons. The van der Waals surface area contributed by atoms with E-state index < -0.39 is 30.3 Å². The van der Waals surface area contributed by atoms with Gasteiger partial charge in [-0.1, -0.05) is 38.1 Å². The first-order valence-electron chi connectivity index (χ1n) is 8.38. The molecule has 25 heavy (non-hydrogen) atoms.